The number of hydrogen-bond donors (Lipinski definition) is 3. The smallest absolute Gasteiger partial charge is 0.277 e. The Bertz CT molecular complexity index is 1130. The van der Waals surface area contributed by atoms with E-state index >= 15 is 0 Å². The molecule has 3 aromatic carbocycles. The zero-order valence-electron chi connectivity index (χ0n) is 15.6. The summed E-state index contributed by atoms with van der Waals surface area (Å²) >= 11 is 0. The van der Waals surface area contributed by atoms with Gasteiger partial charge in [-0.15, -0.1) is 0 Å². The highest BCUT2D eigenvalue weighted by Gasteiger charge is 2.15. The van der Waals surface area contributed by atoms with Gasteiger partial charge in [-0.1, -0.05) is 36.4 Å². The van der Waals surface area contributed by atoms with Crippen molar-refractivity contribution in [2.75, 3.05) is 16.8 Å². The maximum Gasteiger partial charge on any atom is 0.277 e. The summed E-state index contributed by atoms with van der Waals surface area (Å²) in [5, 5.41) is 2.83. The molecule has 0 aliphatic carbocycles. The highest BCUT2D eigenvalue weighted by molar-refractivity contribution is 6.03. The molecule has 6 heteroatoms. The number of carbonyl (C=O) groups is 1. The van der Waals surface area contributed by atoms with E-state index in [1.807, 2.05) is 60.7 Å². The van der Waals surface area contributed by atoms with Crippen LogP contribution >= 0.6 is 0 Å². The Balaban J connectivity index is 1.42. The third kappa shape index (κ3) is 4.27. The molecule has 6 nitrogen and oxygen atoms in total. The predicted molar refractivity (Wildman–Crippen MR) is 114 cm³/mol. The van der Waals surface area contributed by atoms with Gasteiger partial charge >= 0.3 is 0 Å². The molecular weight excluding hydrogens is 364 g/mol. The number of hydrogen-bond acceptors (Lipinski definition) is 5. The number of carbonyl (C=O) groups excluding carboxylic acids is 1. The molecule has 0 aliphatic heterocycles. The second kappa shape index (κ2) is 7.90. The zero-order chi connectivity index (χ0) is 20.2. The number of para-hydroxylation sites is 1. The molecule has 1 heterocycles. The van der Waals surface area contributed by atoms with Crippen molar-refractivity contribution in [3.63, 3.8) is 0 Å². The molecule has 0 fully saturated rings. The highest BCUT2D eigenvalue weighted by atomic mass is 16.3. The topological polar surface area (TPSA) is 107 Å². The first-order chi connectivity index (χ1) is 14.1. The fourth-order valence-electron chi connectivity index (χ4n) is 2.97. The lowest BCUT2D eigenvalue weighted by molar-refractivity contribution is 0.102. The molecule has 0 aliphatic rings. The van der Waals surface area contributed by atoms with Crippen LogP contribution < -0.4 is 16.8 Å². The third-order valence-electron chi connectivity index (χ3n) is 4.53. The number of nitrogens with one attached hydrogen (secondary N) is 1. The van der Waals surface area contributed by atoms with E-state index in [0.29, 0.717) is 22.8 Å². The van der Waals surface area contributed by atoms with Crippen LogP contribution in [0.5, 0.6) is 0 Å². The number of benzene rings is 3. The molecule has 0 atom stereocenters. The Morgan fingerprint density at radius 1 is 0.897 bits per heavy atom. The van der Waals surface area contributed by atoms with Gasteiger partial charge in [0.25, 0.3) is 5.91 Å². The SMILES string of the molecule is Nc1ccc(Cc2ccc(NC(=O)c3coc(-c4ccccc4N)n3)cc2)cc1. The molecule has 0 radical (unpaired) electrons. The summed E-state index contributed by atoms with van der Waals surface area (Å²) in [5.41, 5.74) is 16.8. The molecule has 1 aromatic heterocycles. The summed E-state index contributed by atoms with van der Waals surface area (Å²) < 4.78 is 5.42. The largest absolute Gasteiger partial charge is 0.444 e. The molecule has 0 unspecified atom stereocenters. The maximum atomic E-state index is 12.5. The molecular formula is C23H20N4O2. The summed E-state index contributed by atoms with van der Waals surface area (Å²) in [4.78, 5) is 16.7. The summed E-state index contributed by atoms with van der Waals surface area (Å²) in [6.45, 7) is 0. The van der Waals surface area contributed by atoms with Gasteiger partial charge in [-0.2, -0.15) is 0 Å². The molecule has 29 heavy (non-hydrogen) atoms. The van der Waals surface area contributed by atoms with Crippen LogP contribution in [-0.4, -0.2) is 10.9 Å². The maximum absolute atomic E-state index is 12.5. The van der Waals surface area contributed by atoms with Crippen LogP contribution in [0.4, 0.5) is 17.1 Å². The van der Waals surface area contributed by atoms with E-state index in [-0.39, 0.29) is 11.6 Å². The lowest BCUT2D eigenvalue weighted by Crippen LogP contribution is -2.12. The number of anilines is 3. The Labute approximate surface area is 168 Å². The lowest BCUT2D eigenvalue weighted by atomic mass is 10.0. The van der Waals surface area contributed by atoms with Gasteiger partial charge in [0.15, 0.2) is 5.69 Å². The number of nitrogens with two attached hydrogens (primary N) is 2. The van der Waals surface area contributed by atoms with Crippen molar-refractivity contribution < 1.29 is 9.21 Å². The van der Waals surface area contributed by atoms with Crippen LogP contribution in [0.15, 0.2) is 83.5 Å². The average Bonchev–Trinajstić information content (AvgIpc) is 3.22. The summed E-state index contributed by atoms with van der Waals surface area (Å²) in [6, 6.07) is 22.7. The fraction of sp³-hybridized carbons (Fsp3) is 0.0435. The standard InChI is InChI=1S/C23H20N4O2/c24-17-9-5-15(6-10-17)13-16-7-11-18(12-8-16)26-22(28)21-14-29-23(27-21)19-3-1-2-4-20(19)25/h1-12,14H,13,24-25H2,(H,26,28). The zero-order valence-corrected chi connectivity index (χ0v) is 15.6. The molecule has 5 N–H and O–H groups in total. The van der Waals surface area contributed by atoms with Crippen molar-refractivity contribution in [1.82, 2.24) is 4.98 Å². The minimum Gasteiger partial charge on any atom is -0.444 e. The fourth-order valence-corrected chi connectivity index (χ4v) is 2.97. The van der Waals surface area contributed by atoms with Gasteiger partial charge in [0, 0.05) is 17.1 Å². The van der Waals surface area contributed by atoms with E-state index in [0.717, 1.165) is 17.7 Å². The van der Waals surface area contributed by atoms with Gasteiger partial charge in [-0.25, -0.2) is 4.98 Å². The number of rotatable bonds is 5. The van der Waals surface area contributed by atoms with Gasteiger partial charge in [-0.3, -0.25) is 4.79 Å². The molecule has 1 amide bonds. The molecule has 0 saturated heterocycles. The quantitative estimate of drug-likeness (QED) is 0.444. The van der Waals surface area contributed by atoms with Crippen LogP contribution in [0.25, 0.3) is 11.5 Å². The molecule has 4 aromatic rings. The van der Waals surface area contributed by atoms with Gasteiger partial charge in [0.2, 0.25) is 5.89 Å². The number of aromatic nitrogens is 1. The summed E-state index contributed by atoms with van der Waals surface area (Å²) in [5.74, 6) is -0.0344. The number of nitrogens with zero attached hydrogens (tertiary/aromatic N) is 1. The second-order valence-corrected chi connectivity index (χ2v) is 6.69. The highest BCUT2D eigenvalue weighted by Crippen LogP contribution is 2.25. The van der Waals surface area contributed by atoms with Crippen LogP contribution in [0.1, 0.15) is 21.6 Å². The first-order valence-corrected chi connectivity index (χ1v) is 9.13. The van der Waals surface area contributed by atoms with Crippen molar-refractivity contribution in [1.29, 1.82) is 0 Å². The molecule has 0 spiro atoms. The van der Waals surface area contributed by atoms with Crippen LogP contribution in [0, 0.1) is 0 Å². The van der Waals surface area contributed by atoms with E-state index in [4.69, 9.17) is 15.9 Å². The first kappa shape index (κ1) is 18.3. The van der Waals surface area contributed by atoms with Gasteiger partial charge in [0.1, 0.15) is 6.26 Å². The van der Waals surface area contributed by atoms with Crippen molar-refractivity contribution in [3.05, 3.63) is 95.9 Å². The Morgan fingerprint density at radius 2 is 1.55 bits per heavy atom. The molecule has 0 bridgehead atoms. The molecule has 4 rings (SSSR count). The van der Waals surface area contributed by atoms with Crippen molar-refractivity contribution in [2.45, 2.75) is 6.42 Å². The second-order valence-electron chi connectivity index (χ2n) is 6.69. The molecule has 144 valence electrons. The third-order valence-corrected chi connectivity index (χ3v) is 4.53. The predicted octanol–water partition coefficient (Wildman–Crippen LogP) is 4.35. The normalized spacial score (nSPS) is 10.6. The van der Waals surface area contributed by atoms with Crippen LogP contribution in [0.3, 0.4) is 0 Å². The average molecular weight is 384 g/mol. The van der Waals surface area contributed by atoms with E-state index in [1.54, 1.807) is 12.1 Å². The van der Waals surface area contributed by atoms with Gasteiger partial charge < -0.3 is 21.2 Å². The first-order valence-electron chi connectivity index (χ1n) is 9.13. The van der Waals surface area contributed by atoms with E-state index in [1.165, 1.54) is 11.8 Å². The Morgan fingerprint density at radius 3 is 2.24 bits per heavy atom. The van der Waals surface area contributed by atoms with Gasteiger partial charge in [-0.05, 0) is 53.9 Å². The van der Waals surface area contributed by atoms with Crippen LogP contribution in [0.2, 0.25) is 0 Å². The van der Waals surface area contributed by atoms with E-state index in [9.17, 15) is 4.79 Å². The number of amides is 1. The van der Waals surface area contributed by atoms with E-state index in [2.05, 4.69) is 10.3 Å². The van der Waals surface area contributed by atoms with Crippen molar-refractivity contribution >= 4 is 23.0 Å². The summed E-state index contributed by atoms with van der Waals surface area (Å²) in [7, 11) is 0. The monoisotopic (exact) mass is 384 g/mol. The Hall–Kier alpha value is -4.06. The Kier molecular flexibility index (Phi) is 4.99. The van der Waals surface area contributed by atoms with Gasteiger partial charge in [0.05, 0.1) is 5.56 Å². The van der Waals surface area contributed by atoms with Crippen molar-refractivity contribution in [2.24, 2.45) is 0 Å². The van der Waals surface area contributed by atoms with Crippen LogP contribution in [-0.2, 0) is 6.42 Å². The minimum atomic E-state index is -0.346. The molecule has 0 saturated carbocycles. The number of nitrogen functional groups attached to an aromatic ring is 2. The minimum absolute atomic E-state index is 0.189. The number of oxazole rings is 1. The van der Waals surface area contributed by atoms with E-state index < -0.39 is 0 Å². The lowest BCUT2D eigenvalue weighted by Gasteiger charge is -2.06. The summed E-state index contributed by atoms with van der Waals surface area (Å²) in [6.07, 6.45) is 2.12. The van der Waals surface area contributed by atoms with Crippen molar-refractivity contribution in [3.8, 4) is 11.5 Å².